The molecule has 3 heteroatoms. The van der Waals surface area contributed by atoms with E-state index in [1.165, 1.54) is 28.1 Å². The predicted octanol–water partition coefficient (Wildman–Crippen LogP) is 3.21. The van der Waals surface area contributed by atoms with Gasteiger partial charge in [-0.1, -0.05) is 36.4 Å². The van der Waals surface area contributed by atoms with Crippen LogP contribution in [0, 0.1) is 0 Å². The van der Waals surface area contributed by atoms with Crippen LogP contribution < -0.4 is 10.2 Å². The third kappa shape index (κ3) is 2.78. The first-order valence-corrected chi connectivity index (χ1v) is 8.39. The predicted molar refractivity (Wildman–Crippen MR) is 98.1 cm³/mol. The molecule has 1 fully saturated rings. The van der Waals surface area contributed by atoms with Crippen LogP contribution in [0.25, 0.3) is 11.6 Å². The number of para-hydroxylation sites is 2. The van der Waals surface area contributed by atoms with Crippen LogP contribution in [0.15, 0.2) is 48.5 Å². The molecule has 0 atom stereocenters. The van der Waals surface area contributed by atoms with Crippen molar-refractivity contribution >= 4 is 23.0 Å². The molecule has 1 saturated heterocycles. The van der Waals surface area contributed by atoms with E-state index in [4.69, 9.17) is 0 Å². The van der Waals surface area contributed by atoms with Crippen LogP contribution in [0.1, 0.15) is 11.1 Å². The molecular weight excluding hydrogens is 282 g/mol. The minimum absolute atomic E-state index is 1.01. The van der Waals surface area contributed by atoms with Crippen molar-refractivity contribution in [3.63, 3.8) is 0 Å². The zero-order valence-electron chi connectivity index (χ0n) is 13.6. The molecule has 0 radical (unpaired) electrons. The average molecular weight is 305 g/mol. The molecule has 0 amide bonds. The molecule has 0 saturated carbocycles. The lowest BCUT2D eigenvalue weighted by atomic mass is 10.0. The summed E-state index contributed by atoms with van der Waals surface area (Å²) in [6, 6.07) is 17.4. The van der Waals surface area contributed by atoms with Crippen LogP contribution in [-0.4, -0.2) is 44.7 Å². The zero-order chi connectivity index (χ0) is 15.6. The molecule has 0 bridgehead atoms. The minimum Gasteiger partial charge on any atom is -0.344 e. The first kappa shape index (κ1) is 14.5. The smallest absolute Gasteiger partial charge is 0.0485 e. The van der Waals surface area contributed by atoms with E-state index in [0.717, 1.165) is 32.7 Å². The maximum Gasteiger partial charge on any atom is 0.0485 e. The van der Waals surface area contributed by atoms with Gasteiger partial charge in [-0.05, 0) is 29.3 Å². The Bertz CT molecular complexity index is 729. The van der Waals surface area contributed by atoms with Crippen LogP contribution in [0.4, 0.5) is 11.4 Å². The Balaban J connectivity index is 1.79. The number of nitrogens with zero attached hydrogens (tertiary/aromatic N) is 2. The molecule has 2 heterocycles. The van der Waals surface area contributed by atoms with Gasteiger partial charge in [-0.2, -0.15) is 0 Å². The Morgan fingerprint density at radius 3 is 2.43 bits per heavy atom. The Morgan fingerprint density at radius 2 is 1.61 bits per heavy atom. The molecule has 0 spiro atoms. The summed E-state index contributed by atoms with van der Waals surface area (Å²) in [5.74, 6) is 0. The fourth-order valence-electron chi connectivity index (χ4n) is 3.59. The Morgan fingerprint density at radius 1 is 0.913 bits per heavy atom. The molecule has 2 aliphatic rings. The van der Waals surface area contributed by atoms with Gasteiger partial charge in [-0.25, -0.2) is 0 Å². The molecule has 2 aliphatic heterocycles. The van der Waals surface area contributed by atoms with Crippen LogP contribution in [0.3, 0.4) is 0 Å². The third-order valence-corrected chi connectivity index (χ3v) is 4.84. The topological polar surface area (TPSA) is 18.5 Å². The van der Waals surface area contributed by atoms with Crippen molar-refractivity contribution in [3.8, 4) is 0 Å². The molecular formula is C20H23N3. The number of piperazine rings is 1. The second-order valence-electron chi connectivity index (χ2n) is 6.33. The molecule has 0 unspecified atom stereocenters. The summed E-state index contributed by atoms with van der Waals surface area (Å²) in [6.45, 7) is 5.44. The SMILES string of the molecule is CN1c2ccccc2C=C(CN2CCNCC2)c2ccccc21. The van der Waals surface area contributed by atoms with E-state index in [1.54, 1.807) is 0 Å². The van der Waals surface area contributed by atoms with Gasteiger partial charge in [0.05, 0.1) is 0 Å². The molecule has 4 rings (SSSR count). The van der Waals surface area contributed by atoms with Crippen molar-refractivity contribution in [2.24, 2.45) is 0 Å². The summed E-state index contributed by atoms with van der Waals surface area (Å²) in [6.07, 6.45) is 2.37. The standard InChI is InChI=1S/C20H23N3/c1-22-19-8-4-2-6-16(19)14-17(15-23-12-10-21-11-13-23)18-7-3-5-9-20(18)22/h2-9,14,21H,10-13,15H2,1H3. The molecule has 0 aliphatic carbocycles. The zero-order valence-corrected chi connectivity index (χ0v) is 13.6. The maximum absolute atomic E-state index is 3.44. The van der Waals surface area contributed by atoms with Gasteiger partial charge in [0.15, 0.2) is 0 Å². The lowest BCUT2D eigenvalue weighted by Crippen LogP contribution is -2.43. The van der Waals surface area contributed by atoms with E-state index in [0.29, 0.717) is 0 Å². The lowest BCUT2D eigenvalue weighted by Gasteiger charge is -2.29. The second kappa shape index (κ2) is 6.19. The fourth-order valence-corrected chi connectivity index (χ4v) is 3.59. The number of hydrogen-bond donors (Lipinski definition) is 1. The number of anilines is 2. The average Bonchev–Trinajstić information content (AvgIpc) is 2.72. The summed E-state index contributed by atoms with van der Waals surface area (Å²) >= 11 is 0. The van der Waals surface area contributed by atoms with Crippen molar-refractivity contribution in [1.82, 2.24) is 10.2 Å². The quantitative estimate of drug-likeness (QED) is 0.919. The molecule has 3 nitrogen and oxygen atoms in total. The monoisotopic (exact) mass is 305 g/mol. The van der Waals surface area contributed by atoms with Crippen molar-refractivity contribution in [2.45, 2.75) is 0 Å². The van der Waals surface area contributed by atoms with E-state index in [-0.39, 0.29) is 0 Å². The maximum atomic E-state index is 3.44. The van der Waals surface area contributed by atoms with E-state index in [2.05, 4.69) is 76.8 Å². The summed E-state index contributed by atoms with van der Waals surface area (Å²) in [7, 11) is 2.17. The number of fused-ring (bicyclic) bond motifs is 2. The van der Waals surface area contributed by atoms with Gasteiger partial charge in [0.1, 0.15) is 0 Å². The van der Waals surface area contributed by atoms with Crippen LogP contribution >= 0.6 is 0 Å². The van der Waals surface area contributed by atoms with Gasteiger partial charge in [-0.3, -0.25) is 4.90 Å². The van der Waals surface area contributed by atoms with Crippen molar-refractivity contribution in [2.75, 3.05) is 44.7 Å². The van der Waals surface area contributed by atoms with Gasteiger partial charge < -0.3 is 10.2 Å². The molecule has 0 aromatic heterocycles. The summed E-state index contributed by atoms with van der Waals surface area (Å²) in [5, 5.41) is 3.44. The highest BCUT2D eigenvalue weighted by Gasteiger charge is 2.20. The van der Waals surface area contributed by atoms with Gasteiger partial charge in [0, 0.05) is 56.7 Å². The Hall–Kier alpha value is -2.10. The van der Waals surface area contributed by atoms with Crippen LogP contribution in [0.5, 0.6) is 0 Å². The normalized spacial score (nSPS) is 18.0. The summed E-state index contributed by atoms with van der Waals surface area (Å²) < 4.78 is 0. The molecule has 23 heavy (non-hydrogen) atoms. The van der Waals surface area contributed by atoms with Crippen molar-refractivity contribution in [3.05, 3.63) is 59.7 Å². The van der Waals surface area contributed by atoms with Crippen molar-refractivity contribution in [1.29, 1.82) is 0 Å². The van der Waals surface area contributed by atoms with Crippen LogP contribution in [-0.2, 0) is 0 Å². The first-order chi connectivity index (χ1) is 11.3. The van der Waals surface area contributed by atoms with Crippen molar-refractivity contribution < 1.29 is 0 Å². The number of benzene rings is 2. The third-order valence-electron chi connectivity index (χ3n) is 4.84. The highest BCUT2D eigenvalue weighted by molar-refractivity contribution is 5.95. The molecule has 118 valence electrons. The molecule has 1 N–H and O–H groups in total. The Labute approximate surface area is 138 Å². The summed E-state index contributed by atoms with van der Waals surface area (Å²) in [5.41, 5.74) is 6.63. The number of nitrogens with one attached hydrogen (secondary N) is 1. The van der Waals surface area contributed by atoms with Gasteiger partial charge in [0.2, 0.25) is 0 Å². The molecule has 2 aromatic rings. The van der Waals surface area contributed by atoms with Crippen LogP contribution in [0.2, 0.25) is 0 Å². The highest BCUT2D eigenvalue weighted by Crippen LogP contribution is 2.38. The first-order valence-electron chi connectivity index (χ1n) is 8.39. The Kier molecular flexibility index (Phi) is 3.90. The van der Waals surface area contributed by atoms with E-state index in [9.17, 15) is 0 Å². The largest absolute Gasteiger partial charge is 0.344 e. The fraction of sp³-hybridized carbons (Fsp3) is 0.300. The van der Waals surface area contributed by atoms with Gasteiger partial charge in [-0.15, -0.1) is 0 Å². The van der Waals surface area contributed by atoms with Gasteiger partial charge >= 0.3 is 0 Å². The molecule has 2 aromatic carbocycles. The number of rotatable bonds is 2. The van der Waals surface area contributed by atoms with E-state index >= 15 is 0 Å². The minimum atomic E-state index is 1.01. The second-order valence-corrected chi connectivity index (χ2v) is 6.33. The highest BCUT2D eigenvalue weighted by atomic mass is 15.2. The van der Waals surface area contributed by atoms with Gasteiger partial charge in [0.25, 0.3) is 0 Å². The number of hydrogen-bond acceptors (Lipinski definition) is 3. The van der Waals surface area contributed by atoms with E-state index in [1.807, 2.05) is 0 Å². The lowest BCUT2D eigenvalue weighted by molar-refractivity contribution is 0.268. The van der Waals surface area contributed by atoms with E-state index < -0.39 is 0 Å². The summed E-state index contributed by atoms with van der Waals surface area (Å²) in [4.78, 5) is 4.86.